The Bertz CT molecular complexity index is 558. The molecule has 1 aliphatic heterocycles. The molecule has 0 aliphatic carbocycles. The van der Waals surface area contributed by atoms with Gasteiger partial charge in [-0.1, -0.05) is 30.3 Å². The summed E-state index contributed by atoms with van der Waals surface area (Å²) < 4.78 is 5.13. The van der Waals surface area contributed by atoms with Crippen LogP contribution in [0.4, 0.5) is 0 Å². The number of benzene rings is 1. The minimum Gasteiger partial charge on any atom is -0.383 e. The first-order chi connectivity index (χ1) is 13.5. The van der Waals surface area contributed by atoms with E-state index in [4.69, 9.17) is 4.74 Å². The van der Waals surface area contributed by atoms with Crippen LogP contribution in [0.5, 0.6) is 0 Å². The molecule has 1 saturated heterocycles. The molecule has 28 heavy (non-hydrogen) atoms. The quantitative estimate of drug-likeness (QED) is 0.631. The van der Waals surface area contributed by atoms with Gasteiger partial charge in [-0.15, -0.1) is 0 Å². The number of likely N-dealkylation sites (tertiary alicyclic amines) is 1. The molecule has 1 amide bonds. The summed E-state index contributed by atoms with van der Waals surface area (Å²) in [5, 5.41) is 3.17. The predicted molar refractivity (Wildman–Crippen MR) is 115 cm³/mol. The molecule has 5 heteroatoms. The van der Waals surface area contributed by atoms with Crippen LogP contribution in [-0.4, -0.2) is 68.7 Å². The molecule has 0 bridgehead atoms. The van der Waals surface area contributed by atoms with E-state index in [-0.39, 0.29) is 18.0 Å². The number of likely N-dealkylation sites (N-methyl/N-ethyl adjacent to an activating group) is 1. The maximum Gasteiger partial charge on any atom is 0.237 e. The van der Waals surface area contributed by atoms with Crippen molar-refractivity contribution in [1.82, 2.24) is 15.1 Å². The number of hydrogen-bond donors (Lipinski definition) is 1. The Hall–Kier alpha value is -1.43. The fraction of sp³-hybridized carbons (Fsp3) is 0.696. The zero-order valence-corrected chi connectivity index (χ0v) is 18.2. The van der Waals surface area contributed by atoms with E-state index in [9.17, 15) is 4.79 Å². The summed E-state index contributed by atoms with van der Waals surface area (Å²) in [5.74, 6) is 0.931. The first-order valence-corrected chi connectivity index (χ1v) is 10.8. The third-order valence-electron chi connectivity index (χ3n) is 6.06. The molecule has 0 radical (unpaired) electrons. The largest absolute Gasteiger partial charge is 0.383 e. The first kappa shape index (κ1) is 22.9. The van der Waals surface area contributed by atoms with E-state index in [1.165, 1.54) is 25.7 Å². The fourth-order valence-electron chi connectivity index (χ4n) is 3.96. The third kappa shape index (κ3) is 7.53. The van der Waals surface area contributed by atoms with Gasteiger partial charge in [0.1, 0.15) is 0 Å². The highest BCUT2D eigenvalue weighted by molar-refractivity contribution is 5.81. The molecule has 1 fully saturated rings. The van der Waals surface area contributed by atoms with Crippen molar-refractivity contribution in [1.29, 1.82) is 0 Å². The molecule has 0 spiro atoms. The Morgan fingerprint density at radius 2 is 1.89 bits per heavy atom. The van der Waals surface area contributed by atoms with Crippen molar-refractivity contribution in [3.05, 3.63) is 35.9 Å². The van der Waals surface area contributed by atoms with Crippen molar-refractivity contribution < 1.29 is 9.53 Å². The molecule has 0 unspecified atom stereocenters. The summed E-state index contributed by atoms with van der Waals surface area (Å²) in [6.07, 6.45) is 4.94. The molecular weight excluding hydrogens is 350 g/mol. The Morgan fingerprint density at radius 1 is 1.21 bits per heavy atom. The number of carbonyl (C=O) groups excluding carboxylic acids is 1. The van der Waals surface area contributed by atoms with Crippen LogP contribution in [0.2, 0.25) is 0 Å². The summed E-state index contributed by atoms with van der Waals surface area (Å²) in [6, 6.07) is 10.1. The lowest BCUT2D eigenvalue weighted by Gasteiger charge is -2.36. The molecule has 2 rings (SSSR count). The normalized spacial score (nSPS) is 18.2. The minimum absolute atomic E-state index is 0.0452. The van der Waals surface area contributed by atoms with Crippen LogP contribution in [0.3, 0.4) is 0 Å². The SMILES string of the molecule is COCCN(C)CCCC1CCN([C@@H](C)C(=O)N[C@@H](C)c2ccccc2)CC1. The van der Waals surface area contributed by atoms with Crippen molar-refractivity contribution in [3.63, 3.8) is 0 Å². The van der Waals surface area contributed by atoms with Crippen molar-refractivity contribution in [3.8, 4) is 0 Å². The Labute approximate surface area is 171 Å². The van der Waals surface area contributed by atoms with Crippen LogP contribution in [0.15, 0.2) is 30.3 Å². The molecule has 2 atom stereocenters. The highest BCUT2D eigenvalue weighted by atomic mass is 16.5. The fourth-order valence-corrected chi connectivity index (χ4v) is 3.96. The van der Waals surface area contributed by atoms with Gasteiger partial charge >= 0.3 is 0 Å². The molecule has 158 valence electrons. The van der Waals surface area contributed by atoms with Crippen molar-refractivity contribution in [2.45, 2.75) is 51.6 Å². The first-order valence-electron chi connectivity index (χ1n) is 10.8. The van der Waals surface area contributed by atoms with E-state index in [1.54, 1.807) is 7.11 Å². The van der Waals surface area contributed by atoms with Gasteiger partial charge in [-0.3, -0.25) is 9.69 Å². The second-order valence-electron chi connectivity index (χ2n) is 8.23. The van der Waals surface area contributed by atoms with Gasteiger partial charge < -0.3 is 15.0 Å². The van der Waals surface area contributed by atoms with Crippen LogP contribution in [-0.2, 0) is 9.53 Å². The molecular formula is C23H39N3O2. The predicted octanol–water partition coefficient (Wildman–Crippen LogP) is 3.32. The standard InChI is InChI=1S/C23H39N3O2/c1-19(22-10-6-5-7-11-22)24-23(27)20(2)26-15-12-21(13-16-26)9-8-14-25(3)17-18-28-4/h5-7,10-11,19-21H,8-9,12-18H2,1-4H3,(H,24,27)/t19-,20-/m0/s1. The number of amides is 1. The summed E-state index contributed by atoms with van der Waals surface area (Å²) in [6.45, 7) is 9.09. The van der Waals surface area contributed by atoms with Crippen LogP contribution >= 0.6 is 0 Å². The van der Waals surface area contributed by atoms with Crippen LogP contribution in [0.25, 0.3) is 0 Å². The molecule has 1 heterocycles. The smallest absolute Gasteiger partial charge is 0.237 e. The van der Waals surface area contributed by atoms with Crippen LogP contribution < -0.4 is 5.32 Å². The van der Waals surface area contributed by atoms with Gasteiger partial charge in [-0.2, -0.15) is 0 Å². The number of hydrogen-bond acceptors (Lipinski definition) is 4. The molecule has 1 aromatic rings. The zero-order chi connectivity index (χ0) is 20.4. The van der Waals surface area contributed by atoms with E-state index >= 15 is 0 Å². The number of ether oxygens (including phenoxy) is 1. The van der Waals surface area contributed by atoms with Crippen molar-refractivity contribution in [2.24, 2.45) is 5.92 Å². The third-order valence-corrected chi connectivity index (χ3v) is 6.06. The number of piperidine rings is 1. The lowest BCUT2D eigenvalue weighted by atomic mass is 9.91. The Balaban J connectivity index is 1.67. The number of carbonyl (C=O) groups is 1. The summed E-state index contributed by atoms with van der Waals surface area (Å²) in [7, 11) is 3.92. The van der Waals surface area contributed by atoms with Crippen molar-refractivity contribution >= 4 is 5.91 Å². The Morgan fingerprint density at radius 3 is 2.54 bits per heavy atom. The molecule has 1 aliphatic rings. The lowest BCUT2D eigenvalue weighted by Crippen LogP contribution is -2.48. The summed E-state index contributed by atoms with van der Waals surface area (Å²) in [5.41, 5.74) is 1.15. The van der Waals surface area contributed by atoms with Gasteiger partial charge in [-0.05, 0) is 77.7 Å². The average Bonchev–Trinajstić information content (AvgIpc) is 2.72. The monoisotopic (exact) mass is 389 g/mol. The number of rotatable bonds is 11. The maximum absolute atomic E-state index is 12.7. The van der Waals surface area contributed by atoms with Gasteiger partial charge in [0.2, 0.25) is 5.91 Å². The highest BCUT2D eigenvalue weighted by Crippen LogP contribution is 2.23. The van der Waals surface area contributed by atoms with Crippen LogP contribution in [0, 0.1) is 5.92 Å². The van der Waals surface area contributed by atoms with Gasteiger partial charge in [0.05, 0.1) is 18.7 Å². The molecule has 1 N–H and O–H groups in total. The van der Waals surface area contributed by atoms with Gasteiger partial charge in [-0.25, -0.2) is 0 Å². The van der Waals surface area contributed by atoms with Gasteiger partial charge in [0.15, 0.2) is 0 Å². The van der Waals surface area contributed by atoms with Gasteiger partial charge in [0.25, 0.3) is 0 Å². The average molecular weight is 390 g/mol. The molecule has 0 saturated carbocycles. The maximum atomic E-state index is 12.7. The van der Waals surface area contributed by atoms with E-state index in [0.29, 0.717) is 0 Å². The Kier molecular flexibility index (Phi) is 9.96. The van der Waals surface area contributed by atoms with E-state index in [1.807, 2.05) is 25.1 Å². The second-order valence-corrected chi connectivity index (χ2v) is 8.23. The minimum atomic E-state index is -0.0627. The number of nitrogens with zero attached hydrogens (tertiary/aromatic N) is 2. The zero-order valence-electron chi connectivity index (χ0n) is 18.2. The second kappa shape index (κ2) is 12.2. The van der Waals surface area contributed by atoms with E-state index in [0.717, 1.165) is 44.3 Å². The topological polar surface area (TPSA) is 44.8 Å². The van der Waals surface area contributed by atoms with E-state index < -0.39 is 0 Å². The molecule has 0 aromatic heterocycles. The van der Waals surface area contributed by atoms with Crippen molar-refractivity contribution in [2.75, 3.05) is 46.9 Å². The summed E-state index contributed by atoms with van der Waals surface area (Å²) in [4.78, 5) is 17.4. The molecule has 5 nitrogen and oxygen atoms in total. The van der Waals surface area contributed by atoms with Crippen LogP contribution in [0.1, 0.15) is 51.1 Å². The summed E-state index contributed by atoms with van der Waals surface area (Å²) >= 11 is 0. The lowest BCUT2D eigenvalue weighted by molar-refractivity contribution is -0.127. The number of nitrogens with one attached hydrogen (secondary N) is 1. The molecule has 1 aromatic carbocycles. The number of methoxy groups -OCH3 is 1. The van der Waals surface area contributed by atoms with Gasteiger partial charge in [0, 0.05) is 13.7 Å². The highest BCUT2D eigenvalue weighted by Gasteiger charge is 2.27. The van der Waals surface area contributed by atoms with E-state index in [2.05, 4.69) is 41.2 Å².